The van der Waals surface area contributed by atoms with Gasteiger partial charge < -0.3 is 29.8 Å². The van der Waals surface area contributed by atoms with Crippen molar-refractivity contribution in [1.82, 2.24) is 0 Å². The third-order valence-corrected chi connectivity index (χ3v) is 1.50. The van der Waals surface area contributed by atoms with Gasteiger partial charge in [-0.3, -0.25) is 0 Å². The fourth-order valence-electron chi connectivity index (χ4n) is 0.754. The summed E-state index contributed by atoms with van der Waals surface area (Å²) in [4.78, 5) is 0. The number of nitrogens with two attached hydrogens (primary N) is 1. The van der Waals surface area contributed by atoms with Gasteiger partial charge in [-0.25, -0.2) is 0 Å². The molecule has 0 fully saturated rings. The Hall–Kier alpha value is -0.240. The zero-order valence-electron chi connectivity index (χ0n) is 8.64. The SMILES string of the molecule is COCOC[C@H](N)[C@@H](O)COCOC. The minimum Gasteiger partial charge on any atom is -0.389 e. The van der Waals surface area contributed by atoms with Crippen LogP contribution in [-0.4, -0.2) is 58.3 Å². The smallest absolute Gasteiger partial charge is 0.146 e. The second-order valence-electron chi connectivity index (χ2n) is 2.79. The predicted octanol–water partition coefficient (Wildman–Crippen LogP) is -1.08. The van der Waals surface area contributed by atoms with Crippen LogP contribution in [0.3, 0.4) is 0 Å². The van der Waals surface area contributed by atoms with E-state index < -0.39 is 12.1 Å². The van der Waals surface area contributed by atoms with Crippen LogP contribution in [-0.2, 0) is 18.9 Å². The molecule has 2 atom stereocenters. The molecule has 0 aromatic rings. The Morgan fingerprint density at radius 1 is 1.07 bits per heavy atom. The van der Waals surface area contributed by atoms with E-state index in [1.54, 1.807) is 0 Å². The second kappa shape index (κ2) is 9.32. The maximum absolute atomic E-state index is 9.42. The van der Waals surface area contributed by atoms with E-state index in [0.29, 0.717) is 0 Å². The number of ether oxygens (including phenoxy) is 4. The summed E-state index contributed by atoms with van der Waals surface area (Å²) in [6, 6.07) is -0.484. The summed E-state index contributed by atoms with van der Waals surface area (Å²) in [5, 5.41) is 9.42. The van der Waals surface area contributed by atoms with Gasteiger partial charge in [0.2, 0.25) is 0 Å². The number of aliphatic hydroxyl groups is 1. The third-order valence-electron chi connectivity index (χ3n) is 1.50. The molecule has 0 spiro atoms. The molecule has 0 aliphatic heterocycles. The Labute approximate surface area is 83.9 Å². The van der Waals surface area contributed by atoms with E-state index in [1.807, 2.05) is 0 Å². The van der Waals surface area contributed by atoms with Gasteiger partial charge in [-0.05, 0) is 0 Å². The summed E-state index contributed by atoms with van der Waals surface area (Å²) in [6.07, 6.45) is -0.762. The van der Waals surface area contributed by atoms with Gasteiger partial charge in [0.25, 0.3) is 0 Å². The van der Waals surface area contributed by atoms with Crippen molar-refractivity contribution < 1.29 is 24.1 Å². The van der Waals surface area contributed by atoms with Crippen molar-refractivity contribution in [3.05, 3.63) is 0 Å². The minimum atomic E-state index is -0.762. The quantitative estimate of drug-likeness (QED) is 0.371. The van der Waals surface area contributed by atoms with E-state index in [0.717, 1.165) is 0 Å². The zero-order valence-corrected chi connectivity index (χ0v) is 8.64. The molecule has 0 aliphatic rings. The first-order valence-electron chi connectivity index (χ1n) is 4.29. The normalized spacial score (nSPS) is 15.4. The predicted molar refractivity (Wildman–Crippen MR) is 49.6 cm³/mol. The van der Waals surface area contributed by atoms with Crippen molar-refractivity contribution >= 4 is 0 Å². The first-order valence-corrected chi connectivity index (χ1v) is 4.29. The highest BCUT2D eigenvalue weighted by molar-refractivity contribution is 4.70. The van der Waals surface area contributed by atoms with Crippen LogP contribution in [0.2, 0.25) is 0 Å². The molecule has 3 N–H and O–H groups in total. The average Bonchev–Trinajstić information content (AvgIpc) is 2.18. The molecule has 0 unspecified atom stereocenters. The summed E-state index contributed by atoms with van der Waals surface area (Å²) in [7, 11) is 3.03. The Kier molecular flexibility index (Phi) is 9.16. The van der Waals surface area contributed by atoms with Crippen LogP contribution in [0.5, 0.6) is 0 Å². The molecule has 86 valence electrons. The van der Waals surface area contributed by atoms with Crippen LogP contribution in [0.25, 0.3) is 0 Å². The second-order valence-corrected chi connectivity index (χ2v) is 2.79. The van der Waals surface area contributed by atoms with Crippen LogP contribution in [0.1, 0.15) is 0 Å². The molecule has 0 heterocycles. The van der Waals surface area contributed by atoms with Crippen LogP contribution in [0.4, 0.5) is 0 Å². The van der Waals surface area contributed by atoms with Crippen LogP contribution >= 0.6 is 0 Å². The zero-order chi connectivity index (χ0) is 10.8. The largest absolute Gasteiger partial charge is 0.389 e. The molecule has 0 saturated carbocycles. The van der Waals surface area contributed by atoms with E-state index in [4.69, 9.17) is 15.2 Å². The molecule has 0 amide bonds. The van der Waals surface area contributed by atoms with Gasteiger partial charge in [-0.1, -0.05) is 0 Å². The topological polar surface area (TPSA) is 83.2 Å². The lowest BCUT2D eigenvalue weighted by molar-refractivity contribution is -0.0822. The maximum atomic E-state index is 9.42. The monoisotopic (exact) mass is 209 g/mol. The summed E-state index contributed by atoms with van der Waals surface area (Å²) in [5.41, 5.74) is 5.59. The number of methoxy groups -OCH3 is 2. The molecular formula is C8H19NO5. The summed E-state index contributed by atoms with van der Waals surface area (Å²) >= 11 is 0. The Morgan fingerprint density at radius 2 is 1.57 bits per heavy atom. The molecule has 0 saturated heterocycles. The van der Waals surface area contributed by atoms with Crippen molar-refractivity contribution in [3.8, 4) is 0 Å². The van der Waals surface area contributed by atoms with Crippen molar-refractivity contribution in [1.29, 1.82) is 0 Å². The standard InChI is InChI=1S/C8H19NO5/c1-11-5-13-3-7(9)8(10)4-14-6-12-2/h7-8,10H,3-6,9H2,1-2H3/t7-,8-/m0/s1. The highest BCUT2D eigenvalue weighted by atomic mass is 16.7. The van der Waals surface area contributed by atoms with Gasteiger partial charge in [0.05, 0.1) is 25.4 Å². The van der Waals surface area contributed by atoms with Crippen LogP contribution in [0, 0.1) is 0 Å². The summed E-state index contributed by atoms with van der Waals surface area (Å²) in [5.74, 6) is 0. The summed E-state index contributed by atoms with van der Waals surface area (Å²) < 4.78 is 19.2. The van der Waals surface area contributed by atoms with Crippen molar-refractivity contribution in [2.45, 2.75) is 12.1 Å². The first kappa shape index (κ1) is 13.8. The fourth-order valence-corrected chi connectivity index (χ4v) is 0.754. The van der Waals surface area contributed by atoms with E-state index in [-0.39, 0.29) is 26.8 Å². The van der Waals surface area contributed by atoms with Crippen LogP contribution < -0.4 is 5.73 Å². The van der Waals surface area contributed by atoms with Gasteiger partial charge in [0, 0.05) is 14.2 Å². The van der Waals surface area contributed by atoms with Gasteiger partial charge in [0.1, 0.15) is 13.6 Å². The molecule has 14 heavy (non-hydrogen) atoms. The van der Waals surface area contributed by atoms with Gasteiger partial charge in [0.15, 0.2) is 0 Å². The molecule has 0 bridgehead atoms. The van der Waals surface area contributed by atoms with Gasteiger partial charge in [-0.15, -0.1) is 0 Å². The van der Waals surface area contributed by atoms with E-state index in [1.165, 1.54) is 14.2 Å². The molecule has 6 heteroatoms. The van der Waals surface area contributed by atoms with Gasteiger partial charge in [-0.2, -0.15) is 0 Å². The molecule has 0 radical (unpaired) electrons. The molecule has 0 aromatic heterocycles. The average molecular weight is 209 g/mol. The van der Waals surface area contributed by atoms with Crippen molar-refractivity contribution in [3.63, 3.8) is 0 Å². The van der Waals surface area contributed by atoms with Crippen molar-refractivity contribution in [2.24, 2.45) is 5.73 Å². The number of aliphatic hydroxyl groups excluding tert-OH is 1. The Morgan fingerprint density at radius 3 is 2.07 bits per heavy atom. The lowest BCUT2D eigenvalue weighted by Gasteiger charge is -2.18. The number of hydrogen-bond donors (Lipinski definition) is 2. The Bertz CT molecular complexity index is 110. The number of hydrogen-bond acceptors (Lipinski definition) is 6. The van der Waals surface area contributed by atoms with E-state index >= 15 is 0 Å². The fraction of sp³-hybridized carbons (Fsp3) is 1.00. The van der Waals surface area contributed by atoms with Crippen LogP contribution in [0.15, 0.2) is 0 Å². The highest BCUT2D eigenvalue weighted by Gasteiger charge is 2.14. The number of rotatable bonds is 9. The Balaban J connectivity index is 3.39. The van der Waals surface area contributed by atoms with E-state index in [2.05, 4.69) is 9.47 Å². The molecule has 6 nitrogen and oxygen atoms in total. The summed E-state index contributed by atoms with van der Waals surface area (Å²) in [6.45, 7) is 0.665. The lowest BCUT2D eigenvalue weighted by atomic mass is 10.2. The van der Waals surface area contributed by atoms with Crippen molar-refractivity contribution in [2.75, 3.05) is 41.0 Å². The molecular weight excluding hydrogens is 190 g/mol. The highest BCUT2D eigenvalue weighted by Crippen LogP contribution is 1.93. The molecule has 0 aromatic carbocycles. The third kappa shape index (κ3) is 7.19. The lowest BCUT2D eigenvalue weighted by Crippen LogP contribution is -2.41. The van der Waals surface area contributed by atoms with Gasteiger partial charge >= 0.3 is 0 Å². The molecule has 0 aliphatic carbocycles. The minimum absolute atomic E-state index is 0.130. The van der Waals surface area contributed by atoms with E-state index in [9.17, 15) is 5.11 Å². The maximum Gasteiger partial charge on any atom is 0.146 e. The first-order chi connectivity index (χ1) is 6.72. The molecule has 0 rings (SSSR count).